The second-order valence-electron chi connectivity index (χ2n) is 5.40. The van der Waals surface area contributed by atoms with Crippen LogP contribution < -0.4 is 0 Å². The molecule has 3 rings (SSSR count). The van der Waals surface area contributed by atoms with Gasteiger partial charge in [-0.15, -0.1) is 0 Å². The summed E-state index contributed by atoms with van der Waals surface area (Å²) in [6.07, 6.45) is -0.323. The van der Waals surface area contributed by atoms with Crippen LogP contribution in [0.25, 0.3) is 0 Å². The van der Waals surface area contributed by atoms with E-state index in [2.05, 4.69) is 4.99 Å². The lowest BCUT2D eigenvalue weighted by Gasteiger charge is -2.14. The average Bonchev–Trinajstić information content (AvgIpc) is 3.16. The monoisotopic (exact) mass is 339 g/mol. The quantitative estimate of drug-likeness (QED) is 0.801. The van der Waals surface area contributed by atoms with Gasteiger partial charge < -0.3 is 14.2 Å². The van der Waals surface area contributed by atoms with Crippen molar-refractivity contribution in [3.8, 4) is 0 Å². The lowest BCUT2D eigenvalue weighted by Crippen LogP contribution is -2.12. The lowest BCUT2D eigenvalue weighted by molar-refractivity contribution is 0.0591. The molecule has 0 fully saturated rings. The fraction of sp³-hybridized carbons (Fsp3) is 0.211. The first-order chi connectivity index (χ1) is 12.1. The van der Waals surface area contributed by atoms with Crippen LogP contribution in [0.3, 0.4) is 0 Å². The summed E-state index contributed by atoms with van der Waals surface area (Å²) in [6.45, 7) is 0.261. The van der Waals surface area contributed by atoms with E-state index >= 15 is 0 Å². The maximum absolute atomic E-state index is 11.5. The maximum Gasteiger partial charge on any atom is 0.337 e. The Bertz CT molecular complexity index is 809. The molecule has 1 aliphatic heterocycles. The van der Waals surface area contributed by atoms with E-state index in [1.807, 2.05) is 24.3 Å². The first-order valence-electron chi connectivity index (χ1n) is 7.67. The van der Waals surface area contributed by atoms with Gasteiger partial charge in [-0.1, -0.05) is 24.3 Å². The van der Waals surface area contributed by atoms with E-state index in [0.717, 1.165) is 16.8 Å². The molecule has 0 spiro atoms. The Balaban J connectivity index is 1.83. The van der Waals surface area contributed by atoms with Gasteiger partial charge in [0.2, 0.25) is 0 Å². The Morgan fingerprint density at radius 3 is 1.96 bits per heavy atom. The number of ether oxygens (including phenoxy) is 3. The third kappa shape index (κ3) is 3.44. The summed E-state index contributed by atoms with van der Waals surface area (Å²) >= 11 is 0. The summed E-state index contributed by atoms with van der Waals surface area (Å²) in [6, 6.07) is 14.0. The van der Waals surface area contributed by atoms with Crippen LogP contribution >= 0.6 is 0 Å². The molecule has 0 amide bonds. The van der Waals surface area contributed by atoms with Gasteiger partial charge >= 0.3 is 11.9 Å². The number of rotatable bonds is 4. The Morgan fingerprint density at radius 2 is 1.44 bits per heavy atom. The van der Waals surface area contributed by atoms with Gasteiger partial charge in [-0.2, -0.15) is 0 Å². The third-order valence-electron chi connectivity index (χ3n) is 3.96. The second-order valence-corrected chi connectivity index (χ2v) is 5.40. The van der Waals surface area contributed by atoms with Gasteiger partial charge in [0.05, 0.1) is 31.1 Å². The molecular formula is C19H17NO5. The molecule has 0 bridgehead atoms. The standard InChI is InChI=1S/C19H17NO5/c1-23-18(21)14-7-3-12(4-8-14)16-17(25-11-20-16)13-5-9-15(10-6-13)19(22)24-2/h3-10,17H,11H2,1-2H3. The molecule has 1 aliphatic rings. The van der Waals surface area contributed by atoms with Crippen molar-refractivity contribution < 1.29 is 23.8 Å². The molecule has 1 atom stereocenters. The fourth-order valence-corrected chi connectivity index (χ4v) is 2.65. The molecule has 2 aromatic carbocycles. The molecule has 2 aromatic rings. The van der Waals surface area contributed by atoms with E-state index in [1.165, 1.54) is 14.2 Å². The number of methoxy groups -OCH3 is 2. The van der Waals surface area contributed by atoms with Crippen molar-refractivity contribution in [3.63, 3.8) is 0 Å². The minimum Gasteiger partial charge on any atom is -0.465 e. The average molecular weight is 339 g/mol. The molecule has 128 valence electrons. The van der Waals surface area contributed by atoms with E-state index in [4.69, 9.17) is 14.2 Å². The van der Waals surface area contributed by atoms with Crippen LogP contribution in [0.1, 0.15) is 37.9 Å². The van der Waals surface area contributed by atoms with E-state index in [1.54, 1.807) is 24.3 Å². The molecule has 0 radical (unpaired) electrons. The van der Waals surface area contributed by atoms with E-state index in [-0.39, 0.29) is 24.8 Å². The van der Waals surface area contributed by atoms with Crippen LogP contribution in [0.5, 0.6) is 0 Å². The first-order valence-corrected chi connectivity index (χ1v) is 7.67. The minimum atomic E-state index is -0.383. The number of nitrogens with zero attached hydrogens (tertiary/aromatic N) is 1. The normalized spacial score (nSPS) is 16.2. The lowest BCUT2D eigenvalue weighted by atomic mass is 9.97. The summed E-state index contributed by atoms with van der Waals surface area (Å²) in [7, 11) is 2.69. The number of carbonyl (C=O) groups is 2. The summed E-state index contributed by atoms with van der Waals surface area (Å²) < 4.78 is 15.1. The maximum atomic E-state index is 11.5. The van der Waals surface area contributed by atoms with Crippen molar-refractivity contribution >= 4 is 17.7 Å². The molecule has 6 nitrogen and oxygen atoms in total. The van der Waals surface area contributed by atoms with Crippen molar-refractivity contribution in [1.29, 1.82) is 0 Å². The second kappa shape index (κ2) is 7.27. The fourth-order valence-electron chi connectivity index (χ4n) is 2.65. The van der Waals surface area contributed by atoms with E-state index in [9.17, 15) is 9.59 Å². The van der Waals surface area contributed by atoms with E-state index in [0.29, 0.717) is 11.1 Å². The van der Waals surface area contributed by atoms with Crippen LogP contribution in [0.15, 0.2) is 53.5 Å². The van der Waals surface area contributed by atoms with Gasteiger partial charge in [0.25, 0.3) is 0 Å². The minimum absolute atomic E-state index is 0.261. The zero-order chi connectivity index (χ0) is 17.8. The van der Waals surface area contributed by atoms with Crippen molar-refractivity contribution in [2.75, 3.05) is 21.0 Å². The Morgan fingerprint density at radius 1 is 0.920 bits per heavy atom. The number of carbonyl (C=O) groups excluding carboxylic acids is 2. The van der Waals surface area contributed by atoms with Crippen molar-refractivity contribution in [1.82, 2.24) is 0 Å². The van der Waals surface area contributed by atoms with Crippen LogP contribution in [-0.2, 0) is 14.2 Å². The zero-order valence-corrected chi connectivity index (χ0v) is 13.9. The largest absolute Gasteiger partial charge is 0.465 e. The molecule has 0 saturated heterocycles. The Hall–Kier alpha value is -2.99. The van der Waals surface area contributed by atoms with Crippen LogP contribution in [-0.4, -0.2) is 38.6 Å². The van der Waals surface area contributed by atoms with Crippen LogP contribution in [0, 0.1) is 0 Å². The first kappa shape index (κ1) is 16.9. The smallest absolute Gasteiger partial charge is 0.337 e. The molecule has 1 heterocycles. The molecule has 0 N–H and O–H groups in total. The highest BCUT2D eigenvalue weighted by Gasteiger charge is 2.25. The molecule has 0 aliphatic carbocycles. The Kier molecular flexibility index (Phi) is 4.90. The highest BCUT2D eigenvalue weighted by Crippen LogP contribution is 2.28. The van der Waals surface area contributed by atoms with Gasteiger partial charge in [0.15, 0.2) is 0 Å². The predicted molar refractivity (Wildman–Crippen MR) is 90.8 cm³/mol. The molecular weight excluding hydrogens is 322 g/mol. The van der Waals surface area contributed by atoms with Crippen molar-refractivity contribution in [2.24, 2.45) is 4.99 Å². The predicted octanol–water partition coefficient (Wildman–Crippen LogP) is 2.78. The molecule has 6 heteroatoms. The van der Waals surface area contributed by atoms with Crippen molar-refractivity contribution in [3.05, 3.63) is 70.8 Å². The number of hydrogen-bond donors (Lipinski definition) is 0. The number of hydrogen-bond acceptors (Lipinski definition) is 6. The molecule has 0 aromatic heterocycles. The van der Waals surface area contributed by atoms with Gasteiger partial charge in [-0.05, 0) is 35.4 Å². The summed E-state index contributed by atoms with van der Waals surface area (Å²) in [5.74, 6) is -0.766. The SMILES string of the molecule is COC(=O)c1ccc(C2=NCOC2c2ccc(C(=O)OC)cc2)cc1. The summed E-state index contributed by atoms with van der Waals surface area (Å²) in [5, 5.41) is 0. The molecule has 0 saturated carbocycles. The van der Waals surface area contributed by atoms with Crippen LogP contribution in [0.2, 0.25) is 0 Å². The number of benzene rings is 2. The third-order valence-corrected chi connectivity index (χ3v) is 3.96. The van der Waals surface area contributed by atoms with E-state index < -0.39 is 0 Å². The highest BCUT2D eigenvalue weighted by atomic mass is 16.5. The summed E-state index contributed by atoms with van der Waals surface area (Å²) in [5.41, 5.74) is 3.49. The van der Waals surface area contributed by atoms with Gasteiger partial charge in [-0.3, -0.25) is 4.99 Å². The molecule has 1 unspecified atom stereocenters. The zero-order valence-electron chi connectivity index (χ0n) is 13.9. The van der Waals surface area contributed by atoms with Gasteiger partial charge in [0, 0.05) is 0 Å². The Labute approximate surface area is 145 Å². The van der Waals surface area contributed by atoms with Gasteiger partial charge in [-0.25, -0.2) is 9.59 Å². The van der Waals surface area contributed by atoms with Crippen molar-refractivity contribution in [2.45, 2.75) is 6.10 Å². The number of esters is 2. The van der Waals surface area contributed by atoms with Crippen LogP contribution in [0.4, 0.5) is 0 Å². The number of aliphatic imine (C=N–C) groups is 1. The van der Waals surface area contributed by atoms with Gasteiger partial charge in [0.1, 0.15) is 12.8 Å². The highest BCUT2D eigenvalue weighted by molar-refractivity contribution is 6.05. The molecule has 25 heavy (non-hydrogen) atoms. The topological polar surface area (TPSA) is 74.2 Å². The summed E-state index contributed by atoms with van der Waals surface area (Å²) in [4.78, 5) is 27.5.